The summed E-state index contributed by atoms with van der Waals surface area (Å²) in [6.45, 7) is 1.64. The molecule has 0 aliphatic heterocycles. The number of aromatic amines is 1. The second-order valence-corrected chi connectivity index (χ2v) is 3.87. The summed E-state index contributed by atoms with van der Waals surface area (Å²) >= 11 is 0. The Morgan fingerprint density at radius 1 is 1.44 bits per heavy atom. The molecule has 0 unspecified atom stereocenters. The zero-order valence-corrected chi connectivity index (χ0v) is 9.50. The summed E-state index contributed by atoms with van der Waals surface area (Å²) in [7, 11) is 0. The SMILES string of the molecule is Cc1c(-c2ccc(F)cc2F)n[nH]c1CC(=O)O. The summed E-state index contributed by atoms with van der Waals surface area (Å²) in [5, 5.41) is 15.1. The number of benzene rings is 1. The van der Waals surface area contributed by atoms with E-state index in [1.54, 1.807) is 6.92 Å². The maximum atomic E-state index is 13.6. The second kappa shape index (κ2) is 4.56. The number of aliphatic carboxylic acids is 1. The quantitative estimate of drug-likeness (QED) is 0.880. The molecular formula is C12H10F2N2O2. The molecule has 1 aromatic carbocycles. The highest BCUT2D eigenvalue weighted by Crippen LogP contribution is 2.26. The van der Waals surface area contributed by atoms with Gasteiger partial charge in [0.15, 0.2) is 0 Å². The molecular weight excluding hydrogens is 242 g/mol. The van der Waals surface area contributed by atoms with Gasteiger partial charge in [0.1, 0.15) is 11.6 Å². The largest absolute Gasteiger partial charge is 0.481 e. The van der Waals surface area contributed by atoms with E-state index in [-0.39, 0.29) is 12.0 Å². The fraction of sp³-hybridized carbons (Fsp3) is 0.167. The normalized spacial score (nSPS) is 10.6. The van der Waals surface area contributed by atoms with Gasteiger partial charge in [-0.25, -0.2) is 8.78 Å². The van der Waals surface area contributed by atoms with E-state index in [4.69, 9.17) is 5.11 Å². The van der Waals surface area contributed by atoms with Gasteiger partial charge in [-0.2, -0.15) is 5.10 Å². The third-order valence-electron chi connectivity index (χ3n) is 2.62. The zero-order valence-electron chi connectivity index (χ0n) is 9.50. The van der Waals surface area contributed by atoms with Crippen LogP contribution in [-0.2, 0) is 11.2 Å². The predicted molar refractivity (Wildman–Crippen MR) is 60.0 cm³/mol. The Hall–Kier alpha value is -2.24. The molecule has 0 aliphatic rings. The molecule has 0 saturated heterocycles. The molecule has 1 heterocycles. The number of H-pyrrole nitrogens is 1. The number of rotatable bonds is 3. The summed E-state index contributed by atoms with van der Waals surface area (Å²) in [5.41, 5.74) is 1.38. The van der Waals surface area contributed by atoms with Crippen LogP contribution in [0.2, 0.25) is 0 Å². The molecule has 94 valence electrons. The van der Waals surface area contributed by atoms with Crippen LogP contribution in [0.4, 0.5) is 8.78 Å². The lowest BCUT2D eigenvalue weighted by Crippen LogP contribution is -2.01. The Morgan fingerprint density at radius 3 is 2.78 bits per heavy atom. The lowest BCUT2D eigenvalue weighted by atomic mass is 10.1. The van der Waals surface area contributed by atoms with Gasteiger partial charge in [-0.05, 0) is 24.6 Å². The van der Waals surface area contributed by atoms with Gasteiger partial charge < -0.3 is 5.11 Å². The predicted octanol–water partition coefficient (Wildman–Crippen LogP) is 2.29. The van der Waals surface area contributed by atoms with Crippen LogP contribution in [0.5, 0.6) is 0 Å². The molecule has 0 bridgehead atoms. The van der Waals surface area contributed by atoms with E-state index in [1.807, 2.05) is 0 Å². The van der Waals surface area contributed by atoms with Crippen molar-refractivity contribution in [1.82, 2.24) is 10.2 Å². The third-order valence-corrected chi connectivity index (χ3v) is 2.62. The van der Waals surface area contributed by atoms with Crippen LogP contribution in [0.25, 0.3) is 11.3 Å². The average molecular weight is 252 g/mol. The first-order chi connectivity index (χ1) is 8.49. The maximum Gasteiger partial charge on any atom is 0.309 e. The standard InChI is InChI=1S/C12H10F2N2O2/c1-6-10(5-11(17)18)15-16-12(6)8-3-2-7(13)4-9(8)14/h2-4H,5H2,1H3,(H,15,16)(H,17,18). The lowest BCUT2D eigenvalue weighted by Gasteiger charge is -2.01. The van der Waals surface area contributed by atoms with Crippen LogP contribution < -0.4 is 0 Å². The summed E-state index contributed by atoms with van der Waals surface area (Å²) in [6.07, 6.45) is -0.221. The van der Waals surface area contributed by atoms with E-state index in [0.717, 1.165) is 12.1 Å². The van der Waals surface area contributed by atoms with E-state index in [1.165, 1.54) is 6.07 Å². The molecule has 0 amide bonds. The fourth-order valence-corrected chi connectivity index (χ4v) is 1.70. The number of nitrogens with zero attached hydrogens (tertiary/aromatic N) is 1. The van der Waals surface area contributed by atoms with E-state index in [9.17, 15) is 13.6 Å². The summed E-state index contributed by atoms with van der Waals surface area (Å²) in [6, 6.07) is 3.17. The van der Waals surface area contributed by atoms with Crippen molar-refractivity contribution < 1.29 is 18.7 Å². The van der Waals surface area contributed by atoms with Gasteiger partial charge in [-0.3, -0.25) is 9.89 Å². The molecule has 0 spiro atoms. The minimum absolute atomic E-state index is 0.141. The van der Waals surface area contributed by atoms with Crippen LogP contribution in [0, 0.1) is 18.6 Å². The molecule has 0 atom stereocenters. The smallest absolute Gasteiger partial charge is 0.309 e. The highest BCUT2D eigenvalue weighted by Gasteiger charge is 2.16. The van der Waals surface area contributed by atoms with Gasteiger partial charge in [-0.15, -0.1) is 0 Å². The van der Waals surface area contributed by atoms with E-state index < -0.39 is 17.6 Å². The number of carboxylic acids is 1. The summed E-state index contributed by atoms with van der Waals surface area (Å²) in [5.74, 6) is -2.41. The molecule has 0 radical (unpaired) electrons. The molecule has 18 heavy (non-hydrogen) atoms. The number of hydrogen-bond acceptors (Lipinski definition) is 2. The number of halogens is 2. The van der Waals surface area contributed by atoms with Crippen molar-refractivity contribution in [3.05, 3.63) is 41.1 Å². The maximum absolute atomic E-state index is 13.6. The van der Waals surface area contributed by atoms with E-state index in [0.29, 0.717) is 17.0 Å². The molecule has 0 aliphatic carbocycles. The van der Waals surface area contributed by atoms with Crippen molar-refractivity contribution >= 4 is 5.97 Å². The first-order valence-electron chi connectivity index (χ1n) is 5.20. The number of carbonyl (C=O) groups is 1. The Balaban J connectivity index is 2.45. The van der Waals surface area contributed by atoms with Gasteiger partial charge in [0.25, 0.3) is 0 Å². The molecule has 2 rings (SSSR count). The van der Waals surface area contributed by atoms with Crippen molar-refractivity contribution in [3.63, 3.8) is 0 Å². The van der Waals surface area contributed by atoms with Crippen LogP contribution in [0.15, 0.2) is 18.2 Å². The van der Waals surface area contributed by atoms with Gasteiger partial charge in [-0.1, -0.05) is 0 Å². The molecule has 6 heteroatoms. The van der Waals surface area contributed by atoms with E-state index >= 15 is 0 Å². The van der Waals surface area contributed by atoms with Gasteiger partial charge in [0.05, 0.1) is 12.1 Å². The molecule has 1 aromatic heterocycles. The van der Waals surface area contributed by atoms with Crippen molar-refractivity contribution in [1.29, 1.82) is 0 Å². The lowest BCUT2D eigenvalue weighted by molar-refractivity contribution is -0.136. The Kier molecular flexibility index (Phi) is 3.10. The molecule has 2 N–H and O–H groups in total. The van der Waals surface area contributed by atoms with Crippen molar-refractivity contribution in [2.45, 2.75) is 13.3 Å². The highest BCUT2D eigenvalue weighted by molar-refractivity contribution is 5.72. The van der Waals surface area contributed by atoms with E-state index in [2.05, 4.69) is 10.2 Å². The van der Waals surface area contributed by atoms with Crippen LogP contribution in [0.3, 0.4) is 0 Å². The molecule has 4 nitrogen and oxygen atoms in total. The minimum Gasteiger partial charge on any atom is -0.481 e. The van der Waals surface area contributed by atoms with Crippen LogP contribution in [0.1, 0.15) is 11.3 Å². The molecule has 0 saturated carbocycles. The number of nitrogens with one attached hydrogen (secondary N) is 1. The second-order valence-electron chi connectivity index (χ2n) is 3.87. The Bertz CT molecular complexity index is 608. The Labute approximate surface area is 101 Å². The zero-order chi connectivity index (χ0) is 13.3. The summed E-state index contributed by atoms with van der Waals surface area (Å²) < 4.78 is 26.4. The van der Waals surface area contributed by atoms with Gasteiger partial charge in [0, 0.05) is 17.3 Å². The van der Waals surface area contributed by atoms with Crippen LogP contribution in [-0.4, -0.2) is 21.3 Å². The van der Waals surface area contributed by atoms with Crippen molar-refractivity contribution in [2.75, 3.05) is 0 Å². The number of hydrogen-bond donors (Lipinski definition) is 2. The van der Waals surface area contributed by atoms with Gasteiger partial charge >= 0.3 is 5.97 Å². The summed E-state index contributed by atoms with van der Waals surface area (Å²) in [4.78, 5) is 10.6. The fourth-order valence-electron chi connectivity index (χ4n) is 1.70. The minimum atomic E-state index is -1.01. The van der Waals surface area contributed by atoms with Crippen molar-refractivity contribution in [2.24, 2.45) is 0 Å². The first kappa shape index (κ1) is 12.2. The molecule has 0 fully saturated rings. The molecule has 2 aromatic rings. The monoisotopic (exact) mass is 252 g/mol. The first-order valence-corrected chi connectivity index (χ1v) is 5.20. The highest BCUT2D eigenvalue weighted by atomic mass is 19.1. The topological polar surface area (TPSA) is 66.0 Å². The number of carboxylic acid groups (broad SMARTS) is 1. The Morgan fingerprint density at radius 2 is 2.17 bits per heavy atom. The number of aromatic nitrogens is 2. The average Bonchev–Trinajstić information content (AvgIpc) is 2.60. The van der Waals surface area contributed by atoms with Crippen LogP contribution >= 0.6 is 0 Å². The third kappa shape index (κ3) is 2.22. The van der Waals surface area contributed by atoms with Gasteiger partial charge in [0.2, 0.25) is 0 Å². The van der Waals surface area contributed by atoms with Crippen molar-refractivity contribution in [3.8, 4) is 11.3 Å².